The quantitative estimate of drug-likeness (QED) is 0.806. The molecule has 2 rings (SSSR count). The summed E-state index contributed by atoms with van der Waals surface area (Å²) in [6.07, 6.45) is 0. The number of aliphatic hydroxyl groups excluding tert-OH is 1. The van der Waals surface area contributed by atoms with E-state index in [2.05, 4.69) is 25.7 Å². The first-order valence-corrected chi connectivity index (χ1v) is 8.00. The topological polar surface area (TPSA) is 40.5 Å². The monoisotopic (exact) mass is 295 g/mol. The molecule has 0 unspecified atom stereocenters. The van der Waals surface area contributed by atoms with Gasteiger partial charge in [-0.25, -0.2) is 0 Å². The van der Waals surface area contributed by atoms with Crippen molar-refractivity contribution in [2.75, 3.05) is 25.4 Å². The Bertz CT molecular complexity index is 525. The second-order valence-electron chi connectivity index (χ2n) is 4.96. The van der Waals surface area contributed by atoms with Crippen molar-refractivity contribution in [3.63, 3.8) is 0 Å². The number of rotatable bonds is 1. The molecule has 1 aromatic rings. The van der Waals surface area contributed by atoms with Crippen LogP contribution in [0.3, 0.4) is 0 Å². The van der Waals surface area contributed by atoms with E-state index in [0.29, 0.717) is 4.88 Å². The number of thiophene rings is 1. The van der Waals surface area contributed by atoms with Crippen LogP contribution in [0.15, 0.2) is 11.4 Å². The van der Waals surface area contributed by atoms with Gasteiger partial charge in [0.15, 0.2) is 0 Å². The molecule has 1 fully saturated rings. The molecule has 1 N–H and O–H groups in total. The van der Waals surface area contributed by atoms with Gasteiger partial charge < -0.3 is 10.0 Å². The fourth-order valence-corrected chi connectivity index (χ4v) is 3.97. The first-order valence-electron chi connectivity index (χ1n) is 6.14. The van der Waals surface area contributed by atoms with Crippen LogP contribution in [-0.2, 0) is 0 Å². The summed E-state index contributed by atoms with van der Waals surface area (Å²) in [5.74, 6) is 6.48. The molecule has 1 saturated heterocycles. The van der Waals surface area contributed by atoms with Gasteiger partial charge in [-0.15, -0.1) is 11.3 Å². The molecule has 102 valence electrons. The summed E-state index contributed by atoms with van der Waals surface area (Å²) in [4.78, 5) is 15.1. The van der Waals surface area contributed by atoms with Crippen LogP contribution in [0.25, 0.3) is 0 Å². The van der Waals surface area contributed by atoms with Crippen molar-refractivity contribution in [1.82, 2.24) is 4.90 Å². The zero-order chi connectivity index (χ0) is 13.9. The lowest BCUT2D eigenvalue weighted by atomic mass is 10.1. The average molecular weight is 295 g/mol. The highest BCUT2D eigenvalue weighted by molar-refractivity contribution is 8.00. The van der Waals surface area contributed by atoms with Crippen molar-refractivity contribution < 1.29 is 9.90 Å². The predicted octanol–water partition coefficient (Wildman–Crippen LogP) is 2.06. The van der Waals surface area contributed by atoms with E-state index in [1.54, 1.807) is 0 Å². The minimum atomic E-state index is -0.184. The molecule has 3 nitrogen and oxygen atoms in total. The Morgan fingerprint density at radius 1 is 1.58 bits per heavy atom. The van der Waals surface area contributed by atoms with Gasteiger partial charge >= 0.3 is 0 Å². The van der Waals surface area contributed by atoms with Gasteiger partial charge in [-0.2, -0.15) is 11.8 Å². The summed E-state index contributed by atoms with van der Waals surface area (Å²) < 4.78 is 0.113. The van der Waals surface area contributed by atoms with Crippen molar-refractivity contribution in [2.24, 2.45) is 0 Å². The Morgan fingerprint density at radius 2 is 2.37 bits per heavy atom. The lowest BCUT2D eigenvalue weighted by molar-refractivity contribution is 0.0752. The maximum absolute atomic E-state index is 12.5. The fraction of sp³-hybridized carbons (Fsp3) is 0.500. The van der Waals surface area contributed by atoms with Gasteiger partial charge in [-0.05, 0) is 25.3 Å². The number of hydrogen-bond acceptors (Lipinski definition) is 4. The van der Waals surface area contributed by atoms with Gasteiger partial charge in [0.1, 0.15) is 11.5 Å². The van der Waals surface area contributed by atoms with Crippen LogP contribution in [0.5, 0.6) is 0 Å². The molecule has 19 heavy (non-hydrogen) atoms. The molecule has 0 atom stereocenters. The highest BCUT2D eigenvalue weighted by Gasteiger charge is 2.31. The molecule has 0 bridgehead atoms. The largest absolute Gasteiger partial charge is 0.384 e. The Morgan fingerprint density at radius 3 is 3.05 bits per heavy atom. The first kappa shape index (κ1) is 14.4. The second kappa shape index (κ2) is 6.00. The Kier molecular flexibility index (Phi) is 4.56. The lowest BCUT2D eigenvalue weighted by Gasteiger charge is -2.37. The third kappa shape index (κ3) is 3.53. The molecule has 0 aromatic carbocycles. The molecule has 0 aliphatic carbocycles. The van der Waals surface area contributed by atoms with Crippen LogP contribution in [0, 0.1) is 11.8 Å². The molecular formula is C14H17NO2S2. The van der Waals surface area contributed by atoms with Crippen LogP contribution < -0.4 is 0 Å². The third-order valence-electron chi connectivity index (χ3n) is 2.87. The molecule has 5 heteroatoms. The maximum Gasteiger partial charge on any atom is 0.265 e. The van der Waals surface area contributed by atoms with Gasteiger partial charge in [-0.1, -0.05) is 11.8 Å². The van der Waals surface area contributed by atoms with Crippen molar-refractivity contribution in [2.45, 2.75) is 18.6 Å². The Labute approximate surface area is 122 Å². The number of hydrogen-bond donors (Lipinski definition) is 1. The lowest BCUT2D eigenvalue weighted by Crippen LogP contribution is -2.46. The van der Waals surface area contributed by atoms with Crippen molar-refractivity contribution >= 4 is 29.0 Å². The third-order valence-corrected chi connectivity index (χ3v) is 5.07. The van der Waals surface area contributed by atoms with E-state index in [0.717, 1.165) is 24.4 Å². The number of nitrogens with zero attached hydrogens (tertiary/aromatic N) is 1. The van der Waals surface area contributed by atoms with Gasteiger partial charge in [0, 0.05) is 29.2 Å². The van der Waals surface area contributed by atoms with E-state index < -0.39 is 0 Å². The van der Waals surface area contributed by atoms with Gasteiger partial charge in [0.2, 0.25) is 0 Å². The summed E-state index contributed by atoms with van der Waals surface area (Å²) in [7, 11) is 0. The van der Waals surface area contributed by atoms with Crippen molar-refractivity contribution in [3.8, 4) is 11.8 Å². The Hall–Kier alpha value is -0.960. The van der Waals surface area contributed by atoms with Crippen molar-refractivity contribution in [3.05, 3.63) is 21.9 Å². The molecule has 0 radical (unpaired) electrons. The molecule has 1 aliphatic rings. The summed E-state index contributed by atoms with van der Waals surface area (Å²) in [5, 5.41) is 10.6. The molecule has 0 spiro atoms. The number of carbonyl (C=O) groups excluding carboxylic acids is 1. The van der Waals surface area contributed by atoms with Crippen LogP contribution in [0.2, 0.25) is 0 Å². The molecule has 1 aromatic heterocycles. The van der Waals surface area contributed by atoms with Crippen LogP contribution in [0.1, 0.15) is 29.1 Å². The van der Waals surface area contributed by atoms with Gasteiger partial charge in [0.25, 0.3) is 5.91 Å². The summed E-state index contributed by atoms with van der Waals surface area (Å²) >= 11 is 3.33. The smallest absolute Gasteiger partial charge is 0.265 e. The summed E-state index contributed by atoms with van der Waals surface area (Å²) in [6, 6.07) is 1.84. The minimum Gasteiger partial charge on any atom is -0.384 e. The van der Waals surface area contributed by atoms with Crippen LogP contribution in [0.4, 0.5) is 0 Å². The molecule has 1 aliphatic heterocycles. The Balaban J connectivity index is 2.18. The summed E-state index contributed by atoms with van der Waals surface area (Å²) in [6.45, 7) is 5.70. The second-order valence-corrected chi connectivity index (χ2v) is 7.68. The highest BCUT2D eigenvalue weighted by atomic mass is 32.2. The minimum absolute atomic E-state index is 0.0608. The molecular weight excluding hydrogens is 278 g/mol. The summed E-state index contributed by atoms with van der Waals surface area (Å²) in [5.41, 5.74) is 0.722. The zero-order valence-corrected chi connectivity index (χ0v) is 12.7. The molecule has 2 heterocycles. The van der Waals surface area contributed by atoms with Crippen LogP contribution in [-0.4, -0.2) is 46.1 Å². The molecule has 1 amide bonds. The normalized spacial score (nSPS) is 17.7. The van der Waals surface area contributed by atoms with E-state index in [1.165, 1.54) is 11.3 Å². The van der Waals surface area contributed by atoms with E-state index >= 15 is 0 Å². The van der Waals surface area contributed by atoms with Gasteiger partial charge in [0.05, 0.1) is 0 Å². The van der Waals surface area contributed by atoms with E-state index in [-0.39, 0.29) is 17.3 Å². The van der Waals surface area contributed by atoms with E-state index in [1.807, 2.05) is 28.1 Å². The average Bonchev–Trinajstić information content (AvgIpc) is 2.82. The van der Waals surface area contributed by atoms with Crippen molar-refractivity contribution in [1.29, 1.82) is 0 Å². The van der Waals surface area contributed by atoms with E-state index in [9.17, 15) is 4.79 Å². The van der Waals surface area contributed by atoms with E-state index in [4.69, 9.17) is 5.11 Å². The standard InChI is InChI=1S/C14H17NO2S2/c1-14(2)10-15(6-9-19-14)13(17)12-11(4-3-7-16)5-8-18-12/h5,8,16H,6-7,9-10H2,1-2H3. The van der Waals surface area contributed by atoms with Gasteiger partial charge in [-0.3, -0.25) is 4.79 Å². The number of carbonyl (C=O) groups is 1. The fourth-order valence-electron chi connectivity index (χ4n) is 2.04. The SMILES string of the molecule is CC1(C)CN(C(=O)c2sccc2C#CCO)CCS1. The molecule has 0 saturated carbocycles. The highest BCUT2D eigenvalue weighted by Crippen LogP contribution is 2.31. The maximum atomic E-state index is 12.5. The predicted molar refractivity (Wildman–Crippen MR) is 80.7 cm³/mol. The number of amides is 1. The van der Waals surface area contributed by atoms with Crippen LogP contribution >= 0.6 is 23.1 Å². The number of thioether (sulfide) groups is 1. The zero-order valence-electron chi connectivity index (χ0n) is 11.1. The first-order chi connectivity index (χ1) is 9.03. The number of aliphatic hydroxyl groups is 1.